The summed E-state index contributed by atoms with van der Waals surface area (Å²) in [5.74, 6) is -2.17. The minimum absolute atomic E-state index is 0.0449. The Bertz CT molecular complexity index is 424. The van der Waals surface area contributed by atoms with Crippen LogP contribution in [0.4, 0.5) is 0 Å². The number of hydrogen-bond acceptors (Lipinski definition) is 5. The molecular weight excluding hydrogens is 286 g/mol. The number of carbonyl (C=O) groups is 4. The van der Waals surface area contributed by atoms with Crippen molar-refractivity contribution in [1.82, 2.24) is 4.90 Å². The summed E-state index contributed by atoms with van der Waals surface area (Å²) < 4.78 is 0. The molecule has 1 amide bonds. The van der Waals surface area contributed by atoms with E-state index in [0.717, 1.165) is 11.8 Å². The molecule has 0 aromatic rings. The third-order valence-corrected chi connectivity index (χ3v) is 4.10. The number of hydrogen-bond donors (Lipinski definition) is 2. The summed E-state index contributed by atoms with van der Waals surface area (Å²) in [5, 5.41) is 17.7. The third-order valence-electron chi connectivity index (χ3n) is 3.05. The highest BCUT2D eigenvalue weighted by atomic mass is 32.2. The van der Waals surface area contributed by atoms with Crippen LogP contribution in [0.5, 0.6) is 0 Å². The lowest BCUT2D eigenvalue weighted by atomic mass is 10.1. The molecule has 0 aromatic heterocycles. The van der Waals surface area contributed by atoms with Crippen LogP contribution in [0.25, 0.3) is 0 Å². The van der Waals surface area contributed by atoms with Gasteiger partial charge in [-0.05, 0) is 12.3 Å². The van der Waals surface area contributed by atoms with Gasteiger partial charge < -0.3 is 15.1 Å². The predicted octanol–water partition coefficient (Wildman–Crippen LogP) is 0.433. The number of likely N-dealkylation sites (tertiary alicyclic amines) is 1. The van der Waals surface area contributed by atoms with Gasteiger partial charge in [0.05, 0.1) is 0 Å². The van der Waals surface area contributed by atoms with Gasteiger partial charge in [0.15, 0.2) is 5.12 Å². The number of thioether (sulfide) groups is 1. The van der Waals surface area contributed by atoms with E-state index in [1.54, 1.807) is 0 Å². The Morgan fingerprint density at radius 2 is 2.05 bits per heavy atom. The van der Waals surface area contributed by atoms with Crippen molar-refractivity contribution in [3.8, 4) is 0 Å². The van der Waals surface area contributed by atoms with Crippen LogP contribution in [0.2, 0.25) is 0 Å². The van der Waals surface area contributed by atoms with Crippen molar-refractivity contribution in [3.05, 3.63) is 0 Å². The van der Waals surface area contributed by atoms with E-state index in [9.17, 15) is 19.2 Å². The van der Waals surface area contributed by atoms with E-state index in [-0.39, 0.29) is 42.7 Å². The summed E-state index contributed by atoms with van der Waals surface area (Å²) in [6, 6.07) is -1.11. The summed E-state index contributed by atoms with van der Waals surface area (Å²) >= 11 is 1.11. The Morgan fingerprint density at radius 3 is 2.55 bits per heavy atom. The van der Waals surface area contributed by atoms with E-state index in [2.05, 4.69) is 0 Å². The van der Waals surface area contributed by atoms with Crippen molar-refractivity contribution in [2.75, 3.05) is 12.3 Å². The summed E-state index contributed by atoms with van der Waals surface area (Å²) in [4.78, 5) is 45.6. The van der Waals surface area contributed by atoms with Crippen LogP contribution in [-0.2, 0) is 19.2 Å². The van der Waals surface area contributed by atoms with E-state index in [4.69, 9.17) is 10.2 Å². The highest BCUT2D eigenvalue weighted by Gasteiger charge is 2.37. The van der Waals surface area contributed by atoms with Crippen LogP contribution >= 0.6 is 11.8 Å². The molecule has 7 nitrogen and oxygen atoms in total. The molecule has 1 aliphatic rings. The molecular formula is C12H17NO6S. The zero-order chi connectivity index (χ0) is 15.3. The Balaban J connectivity index is 2.62. The number of aliphatic carboxylic acids is 2. The van der Waals surface area contributed by atoms with E-state index in [0.29, 0.717) is 5.75 Å². The lowest BCUT2D eigenvalue weighted by Gasteiger charge is -2.24. The molecule has 0 aromatic carbocycles. The van der Waals surface area contributed by atoms with Gasteiger partial charge in [0.1, 0.15) is 6.04 Å². The van der Waals surface area contributed by atoms with Gasteiger partial charge in [-0.15, -0.1) is 0 Å². The first-order valence-corrected chi connectivity index (χ1v) is 7.17. The van der Waals surface area contributed by atoms with E-state index in [1.165, 1.54) is 11.8 Å². The molecule has 2 atom stereocenters. The predicted molar refractivity (Wildman–Crippen MR) is 71.3 cm³/mol. The average molecular weight is 303 g/mol. The van der Waals surface area contributed by atoms with Crippen LogP contribution < -0.4 is 0 Å². The summed E-state index contributed by atoms with van der Waals surface area (Å²) in [6.07, 6.45) is -0.201. The fourth-order valence-electron chi connectivity index (χ4n) is 2.13. The van der Waals surface area contributed by atoms with Crippen molar-refractivity contribution in [3.63, 3.8) is 0 Å². The molecule has 0 bridgehead atoms. The Labute approximate surface area is 120 Å². The number of rotatable bonds is 7. The SMILES string of the molecule is CC(=O)SCC1CC(=O)N([C@@H](CCC(=O)O)C(=O)O)C1. The van der Waals surface area contributed by atoms with Crippen molar-refractivity contribution in [1.29, 1.82) is 0 Å². The second-order valence-electron chi connectivity index (χ2n) is 4.71. The van der Waals surface area contributed by atoms with Crippen LogP contribution in [0, 0.1) is 5.92 Å². The first-order valence-electron chi connectivity index (χ1n) is 6.18. The third kappa shape index (κ3) is 4.84. The fourth-order valence-corrected chi connectivity index (χ4v) is 2.82. The van der Waals surface area contributed by atoms with Gasteiger partial charge in [-0.25, -0.2) is 4.79 Å². The zero-order valence-electron chi connectivity index (χ0n) is 11.1. The molecule has 0 saturated carbocycles. The maximum absolute atomic E-state index is 11.8. The fraction of sp³-hybridized carbons (Fsp3) is 0.667. The molecule has 8 heteroatoms. The van der Waals surface area contributed by atoms with Gasteiger partial charge >= 0.3 is 11.9 Å². The molecule has 1 rings (SSSR count). The normalized spacial score (nSPS) is 19.9. The van der Waals surface area contributed by atoms with Crippen molar-refractivity contribution < 1.29 is 29.4 Å². The second kappa shape index (κ2) is 7.28. The van der Waals surface area contributed by atoms with Gasteiger partial charge in [-0.1, -0.05) is 11.8 Å². The maximum atomic E-state index is 11.8. The Kier molecular flexibility index (Phi) is 6.00. The van der Waals surface area contributed by atoms with Gasteiger partial charge in [-0.3, -0.25) is 14.4 Å². The molecule has 1 heterocycles. The monoisotopic (exact) mass is 303 g/mol. The zero-order valence-corrected chi connectivity index (χ0v) is 11.9. The van der Waals surface area contributed by atoms with Crippen LogP contribution in [0.1, 0.15) is 26.2 Å². The largest absolute Gasteiger partial charge is 0.481 e. The lowest BCUT2D eigenvalue weighted by molar-refractivity contribution is -0.149. The molecule has 1 fully saturated rings. The first-order chi connectivity index (χ1) is 9.31. The van der Waals surface area contributed by atoms with Gasteiger partial charge in [0.2, 0.25) is 5.91 Å². The van der Waals surface area contributed by atoms with Crippen LogP contribution in [-0.4, -0.2) is 56.4 Å². The minimum atomic E-state index is -1.19. The molecule has 2 N–H and O–H groups in total. The number of carboxylic acid groups (broad SMARTS) is 2. The van der Waals surface area contributed by atoms with Crippen LogP contribution in [0.3, 0.4) is 0 Å². The van der Waals surface area contributed by atoms with Crippen molar-refractivity contribution in [2.45, 2.75) is 32.2 Å². The quantitative estimate of drug-likeness (QED) is 0.701. The van der Waals surface area contributed by atoms with Gasteiger partial charge in [0, 0.05) is 32.1 Å². The average Bonchev–Trinajstić information content (AvgIpc) is 2.68. The summed E-state index contributed by atoms with van der Waals surface area (Å²) in [5.41, 5.74) is 0. The topological polar surface area (TPSA) is 112 Å². The number of carbonyl (C=O) groups excluding carboxylic acids is 2. The van der Waals surface area contributed by atoms with Crippen molar-refractivity contribution >= 4 is 34.7 Å². The standard InChI is InChI=1S/C12H17NO6S/c1-7(14)20-6-8-4-10(15)13(5-8)9(12(18)19)2-3-11(16)17/h8-9H,2-6H2,1H3,(H,16,17)(H,18,19)/t8?,9-/m0/s1. The van der Waals surface area contributed by atoms with Gasteiger partial charge in [0.25, 0.3) is 0 Å². The van der Waals surface area contributed by atoms with E-state index in [1.807, 2.05) is 0 Å². The number of amides is 1. The van der Waals surface area contributed by atoms with E-state index < -0.39 is 18.0 Å². The Hall–Kier alpha value is -1.57. The highest BCUT2D eigenvalue weighted by molar-refractivity contribution is 8.13. The Morgan fingerprint density at radius 1 is 1.40 bits per heavy atom. The van der Waals surface area contributed by atoms with Crippen molar-refractivity contribution in [2.24, 2.45) is 5.92 Å². The highest BCUT2D eigenvalue weighted by Crippen LogP contribution is 2.25. The second-order valence-corrected chi connectivity index (χ2v) is 5.90. The smallest absolute Gasteiger partial charge is 0.326 e. The number of nitrogens with zero attached hydrogens (tertiary/aromatic N) is 1. The maximum Gasteiger partial charge on any atom is 0.326 e. The molecule has 0 radical (unpaired) electrons. The molecule has 0 spiro atoms. The molecule has 1 aliphatic heterocycles. The van der Waals surface area contributed by atoms with Gasteiger partial charge in [-0.2, -0.15) is 0 Å². The number of carboxylic acids is 2. The summed E-state index contributed by atoms with van der Waals surface area (Å²) in [6.45, 7) is 1.70. The molecule has 1 unspecified atom stereocenters. The molecule has 1 saturated heterocycles. The van der Waals surface area contributed by atoms with E-state index >= 15 is 0 Å². The lowest BCUT2D eigenvalue weighted by Crippen LogP contribution is -2.42. The minimum Gasteiger partial charge on any atom is -0.481 e. The first kappa shape index (κ1) is 16.5. The van der Waals surface area contributed by atoms with Crippen LogP contribution in [0.15, 0.2) is 0 Å². The molecule has 0 aliphatic carbocycles. The summed E-state index contributed by atoms with van der Waals surface area (Å²) in [7, 11) is 0. The molecule has 112 valence electrons. The molecule has 20 heavy (non-hydrogen) atoms.